The number of esters is 1. The summed E-state index contributed by atoms with van der Waals surface area (Å²) in [5, 5.41) is 9.45. The van der Waals surface area contributed by atoms with Gasteiger partial charge in [-0.25, -0.2) is 4.79 Å². The van der Waals surface area contributed by atoms with Crippen LogP contribution < -0.4 is 4.74 Å². The van der Waals surface area contributed by atoms with Crippen molar-refractivity contribution < 1.29 is 24.1 Å². The first-order chi connectivity index (χ1) is 8.10. The molecule has 0 saturated carbocycles. The summed E-state index contributed by atoms with van der Waals surface area (Å²) in [4.78, 5) is 11.5. The van der Waals surface area contributed by atoms with Crippen LogP contribution in [0.1, 0.15) is 28.9 Å². The fraction of sp³-hybridized carbons (Fsp3) is 0.417. The van der Waals surface area contributed by atoms with Gasteiger partial charge in [-0.15, -0.1) is 0 Å². The van der Waals surface area contributed by atoms with E-state index in [1.54, 1.807) is 25.1 Å². The van der Waals surface area contributed by atoms with Gasteiger partial charge in [-0.2, -0.15) is 0 Å². The third kappa shape index (κ3) is 3.44. The van der Waals surface area contributed by atoms with E-state index in [-0.39, 0.29) is 12.4 Å². The van der Waals surface area contributed by atoms with Crippen LogP contribution in [0.2, 0.25) is 0 Å². The van der Waals surface area contributed by atoms with Gasteiger partial charge in [0.1, 0.15) is 11.3 Å². The van der Waals surface area contributed by atoms with Crippen LogP contribution >= 0.6 is 0 Å². The molecule has 94 valence electrons. The number of ether oxygens (including phenoxy) is 3. The number of aliphatic hydroxyl groups is 1. The molecule has 0 bridgehead atoms. The second kappa shape index (κ2) is 6.22. The van der Waals surface area contributed by atoms with E-state index in [1.165, 1.54) is 14.2 Å². The smallest absolute Gasteiger partial charge is 0.341 e. The summed E-state index contributed by atoms with van der Waals surface area (Å²) in [5.74, 6) is -0.151. The molecule has 0 spiro atoms. The summed E-state index contributed by atoms with van der Waals surface area (Å²) in [6.45, 7) is 1.66. The molecule has 0 saturated heterocycles. The Morgan fingerprint density at radius 2 is 2.12 bits per heavy atom. The number of carbonyl (C=O) groups is 1. The van der Waals surface area contributed by atoms with E-state index in [0.29, 0.717) is 11.3 Å². The highest BCUT2D eigenvalue weighted by Gasteiger charge is 2.15. The molecule has 5 heteroatoms. The molecule has 1 N–H and O–H groups in total. The summed E-state index contributed by atoms with van der Waals surface area (Å²) in [6.07, 6.45) is -0.658. The van der Waals surface area contributed by atoms with Crippen LogP contribution in [0.25, 0.3) is 0 Å². The first-order valence-corrected chi connectivity index (χ1v) is 5.12. The van der Waals surface area contributed by atoms with E-state index in [2.05, 4.69) is 4.74 Å². The standard InChI is InChI=1S/C12H16O5/c1-8(13)9-4-5-11(17-7-15-2)10(6-9)12(14)16-3/h4-6,8,13H,7H2,1-3H3. The van der Waals surface area contributed by atoms with Gasteiger partial charge in [0.25, 0.3) is 0 Å². The normalized spacial score (nSPS) is 12.0. The van der Waals surface area contributed by atoms with E-state index < -0.39 is 12.1 Å². The average molecular weight is 240 g/mol. The Balaban J connectivity index is 3.07. The minimum absolute atomic E-state index is 0.0397. The van der Waals surface area contributed by atoms with Crippen molar-refractivity contribution in [2.24, 2.45) is 0 Å². The number of carbonyl (C=O) groups excluding carboxylic acids is 1. The summed E-state index contributed by atoms with van der Waals surface area (Å²) in [7, 11) is 2.78. The fourth-order valence-corrected chi connectivity index (χ4v) is 1.33. The molecule has 0 aromatic heterocycles. The highest BCUT2D eigenvalue weighted by molar-refractivity contribution is 5.92. The third-order valence-electron chi connectivity index (χ3n) is 2.22. The number of aliphatic hydroxyl groups excluding tert-OH is 1. The van der Waals surface area contributed by atoms with Crippen LogP contribution in [0.4, 0.5) is 0 Å². The van der Waals surface area contributed by atoms with Crippen molar-refractivity contribution in [2.45, 2.75) is 13.0 Å². The van der Waals surface area contributed by atoms with E-state index in [4.69, 9.17) is 9.47 Å². The SMILES string of the molecule is COCOc1ccc(C(C)O)cc1C(=O)OC. The largest absolute Gasteiger partial charge is 0.467 e. The Morgan fingerprint density at radius 3 is 2.65 bits per heavy atom. The molecule has 0 aliphatic heterocycles. The van der Waals surface area contributed by atoms with Gasteiger partial charge in [-0.1, -0.05) is 6.07 Å². The Labute approximate surface area is 99.9 Å². The number of rotatable bonds is 5. The maximum absolute atomic E-state index is 11.5. The molecular formula is C12H16O5. The summed E-state index contributed by atoms with van der Waals surface area (Å²) < 4.78 is 14.7. The zero-order chi connectivity index (χ0) is 12.8. The fourth-order valence-electron chi connectivity index (χ4n) is 1.33. The zero-order valence-corrected chi connectivity index (χ0v) is 10.1. The predicted octanol–water partition coefficient (Wildman–Crippen LogP) is 1.51. The molecular weight excluding hydrogens is 224 g/mol. The molecule has 1 aromatic rings. The van der Waals surface area contributed by atoms with Crippen LogP contribution in [-0.4, -0.2) is 32.1 Å². The summed E-state index contributed by atoms with van der Waals surface area (Å²) in [5.41, 5.74) is 0.887. The predicted molar refractivity (Wildman–Crippen MR) is 60.9 cm³/mol. The lowest BCUT2D eigenvalue weighted by molar-refractivity contribution is 0.0464. The lowest BCUT2D eigenvalue weighted by atomic mass is 10.1. The van der Waals surface area contributed by atoms with Crippen LogP contribution in [0.3, 0.4) is 0 Å². The average Bonchev–Trinajstić information content (AvgIpc) is 2.35. The quantitative estimate of drug-likeness (QED) is 0.624. The van der Waals surface area contributed by atoms with Gasteiger partial charge in [0.2, 0.25) is 0 Å². The number of benzene rings is 1. The Morgan fingerprint density at radius 1 is 1.41 bits per heavy atom. The van der Waals surface area contributed by atoms with Gasteiger partial charge in [0.05, 0.1) is 13.2 Å². The highest BCUT2D eigenvalue weighted by atomic mass is 16.7. The van der Waals surface area contributed by atoms with Gasteiger partial charge in [0, 0.05) is 7.11 Å². The number of hydrogen-bond donors (Lipinski definition) is 1. The lowest BCUT2D eigenvalue weighted by Crippen LogP contribution is -2.08. The molecule has 0 radical (unpaired) electrons. The molecule has 1 atom stereocenters. The second-order valence-corrected chi connectivity index (χ2v) is 3.47. The van der Waals surface area contributed by atoms with E-state index in [1.807, 2.05) is 0 Å². The van der Waals surface area contributed by atoms with E-state index >= 15 is 0 Å². The first-order valence-electron chi connectivity index (χ1n) is 5.12. The monoisotopic (exact) mass is 240 g/mol. The maximum Gasteiger partial charge on any atom is 0.341 e. The highest BCUT2D eigenvalue weighted by Crippen LogP contribution is 2.24. The van der Waals surface area contributed by atoms with Gasteiger partial charge < -0.3 is 19.3 Å². The Bertz CT molecular complexity index is 386. The first kappa shape index (κ1) is 13.5. The molecule has 1 aromatic carbocycles. The molecule has 0 aliphatic carbocycles. The third-order valence-corrected chi connectivity index (χ3v) is 2.22. The Kier molecular flexibility index (Phi) is 4.93. The van der Waals surface area contributed by atoms with Crippen molar-refractivity contribution >= 4 is 5.97 Å². The zero-order valence-electron chi connectivity index (χ0n) is 10.1. The maximum atomic E-state index is 11.5. The minimum atomic E-state index is -0.658. The molecule has 5 nitrogen and oxygen atoms in total. The van der Waals surface area contributed by atoms with E-state index in [0.717, 1.165) is 0 Å². The molecule has 1 unspecified atom stereocenters. The van der Waals surface area contributed by atoms with Gasteiger partial charge in [-0.3, -0.25) is 0 Å². The van der Waals surface area contributed by atoms with Crippen LogP contribution in [0, 0.1) is 0 Å². The molecule has 1 rings (SSSR count). The van der Waals surface area contributed by atoms with Gasteiger partial charge in [-0.05, 0) is 24.6 Å². The molecule has 17 heavy (non-hydrogen) atoms. The molecule has 0 heterocycles. The number of methoxy groups -OCH3 is 2. The Hall–Kier alpha value is -1.59. The van der Waals surface area contributed by atoms with Crippen molar-refractivity contribution in [1.29, 1.82) is 0 Å². The molecule has 0 aliphatic rings. The van der Waals surface area contributed by atoms with Crippen molar-refractivity contribution in [3.05, 3.63) is 29.3 Å². The van der Waals surface area contributed by atoms with Crippen molar-refractivity contribution in [3.63, 3.8) is 0 Å². The summed E-state index contributed by atoms with van der Waals surface area (Å²) >= 11 is 0. The minimum Gasteiger partial charge on any atom is -0.467 e. The molecule has 0 amide bonds. The van der Waals surface area contributed by atoms with Crippen molar-refractivity contribution in [3.8, 4) is 5.75 Å². The molecule has 0 fully saturated rings. The lowest BCUT2D eigenvalue weighted by Gasteiger charge is -2.12. The topological polar surface area (TPSA) is 65.0 Å². The van der Waals surface area contributed by atoms with E-state index in [9.17, 15) is 9.90 Å². The van der Waals surface area contributed by atoms with Crippen LogP contribution in [0.15, 0.2) is 18.2 Å². The summed E-state index contributed by atoms with van der Waals surface area (Å²) in [6, 6.07) is 4.83. The van der Waals surface area contributed by atoms with Crippen LogP contribution in [-0.2, 0) is 9.47 Å². The van der Waals surface area contributed by atoms with Crippen molar-refractivity contribution in [2.75, 3.05) is 21.0 Å². The van der Waals surface area contributed by atoms with Crippen molar-refractivity contribution in [1.82, 2.24) is 0 Å². The number of hydrogen-bond acceptors (Lipinski definition) is 5. The van der Waals surface area contributed by atoms with Gasteiger partial charge >= 0.3 is 5.97 Å². The van der Waals surface area contributed by atoms with Gasteiger partial charge in [0.15, 0.2) is 6.79 Å². The second-order valence-electron chi connectivity index (χ2n) is 3.47. The van der Waals surface area contributed by atoms with Crippen LogP contribution in [0.5, 0.6) is 5.75 Å².